The summed E-state index contributed by atoms with van der Waals surface area (Å²) in [6.45, 7) is 3.83. The first-order valence-electron chi connectivity index (χ1n) is 9.44. The number of nitrogens with one attached hydrogen (secondary N) is 1. The van der Waals surface area contributed by atoms with E-state index in [4.69, 9.17) is 4.74 Å². The first-order chi connectivity index (χ1) is 14.1. The number of rotatable bonds is 6. The number of hydrogen-bond donors (Lipinski definition) is 1. The highest BCUT2D eigenvalue weighted by molar-refractivity contribution is 7.13. The lowest BCUT2D eigenvalue weighted by atomic mass is 9.80. The molecule has 0 unspecified atom stereocenters. The molecule has 0 spiro atoms. The fourth-order valence-corrected chi connectivity index (χ4v) is 4.33. The second-order valence-corrected chi connectivity index (χ2v) is 8.72. The molecule has 1 atom stereocenters. The summed E-state index contributed by atoms with van der Waals surface area (Å²) in [7, 11) is 0. The van der Waals surface area contributed by atoms with E-state index in [-0.39, 0.29) is 18.6 Å². The summed E-state index contributed by atoms with van der Waals surface area (Å²) in [4.78, 5) is 14.6. The average molecular weight is 434 g/mol. The van der Waals surface area contributed by atoms with E-state index >= 15 is 0 Å². The van der Waals surface area contributed by atoms with Crippen LogP contribution in [0.15, 0.2) is 42.0 Å². The van der Waals surface area contributed by atoms with Crippen molar-refractivity contribution in [1.29, 1.82) is 5.26 Å². The number of alkyl halides is 3. The van der Waals surface area contributed by atoms with Crippen LogP contribution in [0.4, 0.5) is 13.2 Å². The van der Waals surface area contributed by atoms with Crippen LogP contribution in [-0.4, -0.2) is 18.7 Å². The largest absolute Gasteiger partial charge is 0.494 e. The van der Waals surface area contributed by atoms with Crippen molar-refractivity contribution < 1.29 is 22.7 Å². The lowest BCUT2D eigenvalue weighted by Gasteiger charge is -2.36. The van der Waals surface area contributed by atoms with Gasteiger partial charge in [-0.3, -0.25) is 4.79 Å². The molecule has 1 amide bonds. The minimum atomic E-state index is -4.18. The molecule has 2 heterocycles. The molecule has 0 saturated carbocycles. The zero-order chi connectivity index (χ0) is 21.9. The quantitative estimate of drug-likeness (QED) is 0.612. The Morgan fingerprint density at radius 1 is 1.23 bits per heavy atom. The molecular weight excluding hydrogens is 413 g/mol. The molecule has 2 aromatic rings. The molecule has 1 aliphatic heterocycles. The van der Waals surface area contributed by atoms with Crippen molar-refractivity contribution in [2.45, 2.75) is 44.8 Å². The van der Waals surface area contributed by atoms with E-state index in [0.717, 1.165) is 15.3 Å². The average Bonchev–Trinajstić information content (AvgIpc) is 3.11. The highest BCUT2D eigenvalue weighted by Gasteiger charge is 2.38. The number of thiophene rings is 1. The van der Waals surface area contributed by atoms with E-state index in [1.807, 2.05) is 32.0 Å². The van der Waals surface area contributed by atoms with Crippen LogP contribution in [-0.2, 0) is 10.3 Å². The molecule has 158 valence electrons. The molecule has 1 N–H and O–H groups in total. The highest BCUT2D eigenvalue weighted by atomic mass is 32.1. The Morgan fingerprint density at radius 2 is 1.93 bits per heavy atom. The smallest absolute Gasteiger partial charge is 0.389 e. The van der Waals surface area contributed by atoms with Gasteiger partial charge in [-0.25, -0.2) is 0 Å². The van der Waals surface area contributed by atoms with E-state index in [1.165, 1.54) is 11.3 Å². The Morgan fingerprint density at radius 3 is 2.50 bits per heavy atom. The normalized spacial score (nSPS) is 19.4. The lowest BCUT2D eigenvalue weighted by molar-refractivity contribution is -0.136. The van der Waals surface area contributed by atoms with Gasteiger partial charge in [0.25, 0.3) is 5.91 Å². The standard InChI is InChI=1S/C22H21F3N2O2S/c1-14-4-9-19(30-14)17-12-21(2,27-20(28)18(17)13-26)15-5-7-16(8-6-15)29-11-3-10-22(23,24)25/h4-9H,3,10-12H2,1-2H3,(H,27,28)/t21-/m0/s1. The van der Waals surface area contributed by atoms with Gasteiger partial charge in [-0.15, -0.1) is 11.3 Å². The summed E-state index contributed by atoms with van der Waals surface area (Å²) in [6, 6.07) is 12.8. The van der Waals surface area contributed by atoms with Gasteiger partial charge in [0.15, 0.2) is 0 Å². The Labute approximate surface area is 177 Å². The third-order valence-corrected chi connectivity index (χ3v) is 6.02. The van der Waals surface area contributed by atoms with Crippen molar-refractivity contribution in [3.05, 3.63) is 57.3 Å². The molecule has 1 aromatic carbocycles. The second kappa shape index (κ2) is 8.52. The fourth-order valence-electron chi connectivity index (χ4n) is 3.42. The van der Waals surface area contributed by atoms with Crippen LogP contribution in [0.25, 0.3) is 5.57 Å². The number of amides is 1. The molecule has 3 rings (SSSR count). The van der Waals surface area contributed by atoms with Crippen molar-refractivity contribution in [3.63, 3.8) is 0 Å². The number of carbonyl (C=O) groups is 1. The lowest BCUT2D eigenvalue weighted by Crippen LogP contribution is -2.47. The fraction of sp³-hybridized carbons (Fsp3) is 0.364. The molecule has 0 aliphatic carbocycles. The number of nitriles is 1. The predicted molar refractivity (Wildman–Crippen MR) is 109 cm³/mol. The van der Waals surface area contributed by atoms with Crippen LogP contribution >= 0.6 is 11.3 Å². The number of nitrogens with zero attached hydrogens (tertiary/aromatic N) is 1. The summed E-state index contributed by atoms with van der Waals surface area (Å²) in [6.07, 6.45) is -4.72. The van der Waals surface area contributed by atoms with Gasteiger partial charge in [0, 0.05) is 22.6 Å². The molecule has 4 nitrogen and oxygen atoms in total. The van der Waals surface area contributed by atoms with Crippen molar-refractivity contribution >= 4 is 22.8 Å². The number of halogens is 3. The van der Waals surface area contributed by atoms with Gasteiger partial charge in [0.2, 0.25) is 0 Å². The summed E-state index contributed by atoms with van der Waals surface area (Å²) >= 11 is 1.54. The van der Waals surface area contributed by atoms with E-state index < -0.39 is 24.0 Å². The van der Waals surface area contributed by atoms with Crippen LogP contribution in [0.2, 0.25) is 0 Å². The van der Waals surface area contributed by atoms with Gasteiger partial charge in [-0.2, -0.15) is 18.4 Å². The summed E-state index contributed by atoms with van der Waals surface area (Å²) < 4.78 is 42.0. The number of ether oxygens (including phenoxy) is 1. The zero-order valence-electron chi connectivity index (χ0n) is 16.6. The first kappa shape index (κ1) is 21.9. The van der Waals surface area contributed by atoms with E-state index in [2.05, 4.69) is 5.32 Å². The molecule has 8 heteroatoms. The maximum absolute atomic E-state index is 12.6. The Balaban J connectivity index is 1.76. The minimum Gasteiger partial charge on any atom is -0.494 e. The maximum atomic E-state index is 12.6. The van der Waals surface area contributed by atoms with Crippen LogP contribution < -0.4 is 10.1 Å². The van der Waals surface area contributed by atoms with Crippen LogP contribution in [0.1, 0.15) is 41.5 Å². The summed E-state index contributed by atoms with van der Waals surface area (Å²) in [5.74, 6) is 0.0498. The third kappa shape index (κ3) is 5.03. The van der Waals surface area contributed by atoms with Gasteiger partial charge in [0.1, 0.15) is 17.4 Å². The monoisotopic (exact) mass is 434 g/mol. The van der Waals surface area contributed by atoms with Crippen molar-refractivity contribution in [2.75, 3.05) is 6.61 Å². The number of aryl methyl sites for hydroxylation is 1. The topological polar surface area (TPSA) is 62.1 Å². The molecule has 0 radical (unpaired) electrons. The zero-order valence-corrected chi connectivity index (χ0v) is 17.4. The molecule has 0 fully saturated rings. The van der Waals surface area contributed by atoms with Crippen LogP contribution in [0.3, 0.4) is 0 Å². The van der Waals surface area contributed by atoms with Crippen molar-refractivity contribution in [2.24, 2.45) is 0 Å². The third-order valence-electron chi connectivity index (χ3n) is 4.96. The van der Waals surface area contributed by atoms with Crippen LogP contribution in [0, 0.1) is 18.3 Å². The maximum Gasteiger partial charge on any atom is 0.389 e. The second-order valence-electron chi connectivity index (χ2n) is 7.43. The summed E-state index contributed by atoms with van der Waals surface area (Å²) in [5.41, 5.74) is 0.939. The number of hydrogen-bond acceptors (Lipinski definition) is 4. The van der Waals surface area contributed by atoms with Gasteiger partial charge in [-0.1, -0.05) is 12.1 Å². The first-order valence-corrected chi connectivity index (χ1v) is 10.3. The molecule has 1 aliphatic rings. The predicted octanol–water partition coefficient (Wildman–Crippen LogP) is 5.49. The highest BCUT2D eigenvalue weighted by Crippen LogP contribution is 2.40. The Hall–Kier alpha value is -2.79. The molecule has 1 aromatic heterocycles. The molecule has 30 heavy (non-hydrogen) atoms. The van der Waals surface area contributed by atoms with Gasteiger partial charge >= 0.3 is 6.18 Å². The van der Waals surface area contributed by atoms with Gasteiger partial charge in [0.05, 0.1) is 12.1 Å². The van der Waals surface area contributed by atoms with Crippen molar-refractivity contribution in [1.82, 2.24) is 5.32 Å². The minimum absolute atomic E-state index is 0.0248. The van der Waals surface area contributed by atoms with Crippen LogP contribution in [0.5, 0.6) is 5.75 Å². The van der Waals surface area contributed by atoms with E-state index in [0.29, 0.717) is 17.7 Å². The Bertz CT molecular complexity index is 1000. The molecule has 0 bridgehead atoms. The summed E-state index contributed by atoms with van der Waals surface area (Å²) in [5, 5.41) is 12.4. The van der Waals surface area contributed by atoms with Crippen molar-refractivity contribution in [3.8, 4) is 11.8 Å². The number of carbonyl (C=O) groups excluding carboxylic acids is 1. The SMILES string of the molecule is Cc1ccc(C2=C(C#N)C(=O)N[C@](C)(c3ccc(OCCCC(F)(F)F)cc3)C2)s1. The van der Waals surface area contributed by atoms with E-state index in [1.54, 1.807) is 24.3 Å². The molecule has 0 saturated heterocycles. The van der Waals surface area contributed by atoms with E-state index in [9.17, 15) is 23.2 Å². The van der Waals surface area contributed by atoms with Gasteiger partial charge < -0.3 is 10.1 Å². The van der Waals surface area contributed by atoms with Gasteiger partial charge in [-0.05, 0) is 55.7 Å². The number of benzene rings is 1. The Kier molecular flexibility index (Phi) is 6.22. The molecular formula is C22H21F3N2O2S.